The Kier molecular flexibility index (Phi) is 6.35. The van der Waals surface area contributed by atoms with Gasteiger partial charge < -0.3 is 10.6 Å². The van der Waals surface area contributed by atoms with Crippen LogP contribution in [0.2, 0.25) is 0 Å². The van der Waals surface area contributed by atoms with Gasteiger partial charge in [0.15, 0.2) is 0 Å². The second-order valence-corrected chi connectivity index (χ2v) is 4.51. The largest absolute Gasteiger partial charge is 0.355 e. The van der Waals surface area contributed by atoms with Gasteiger partial charge in [-0.2, -0.15) is 10.2 Å². The minimum absolute atomic E-state index is 0.718. The van der Waals surface area contributed by atoms with Crippen LogP contribution >= 0.6 is 0 Å². The van der Waals surface area contributed by atoms with Crippen molar-refractivity contribution in [3.63, 3.8) is 0 Å². The summed E-state index contributed by atoms with van der Waals surface area (Å²) in [6, 6.07) is 0. The topological polar surface area (TPSA) is 97.6 Å². The second kappa shape index (κ2) is 8.89. The van der Waals surface area contributed by atoms with Crippen LogP contribution in [0.15, 0.2) is 20.2 Å². The molecule has 2 heterocycles. The Bertz CT molecular complexity index is 360. The molecule has 0 amide bonds. The molecule has 20 heavy (non-hydrogen) atoms. The van der Waals surface area contributed by atoms with Crippen LogP contribution in [0.25, 0.3) is 0 Å². The van der Waals surface area contributed by atoms with Crippen molar-refractivity contribution in [3.8, 4) is 0 Å². The fraction of sp³-hybridized carbons (Fsp3) is 0.667. The van der Waals surface area contributed by atoms with Crippen molar-refractivity contribution in [2.75, 3.05) is 26.2 Å². The lowest BCUT2D eigenvalue weighted by atomic mass is 10.3. The average Bonchev–Trinajstić information content (AvgIpc) is 2.87. The van der Waals surface area contributed by atoms with Gasteiger partial charge in [0.25, 0.3) is 0 Å². The number of rotatable bonds is 3. The highest BCUT2D eigenvalue weighted by molar-refractivity contribution is 6.16. The summed E-state index contributed by atoms with van der Waals surface area (Å²) >= 11 is 0. The quantitative estimate of drug-likeness (QED) is 0.418. The predicted molar refractivity (Wildman–Crippen MR) is 82.3 cm³/mol. The number of hydrazone groups is 2. The van der Waals surface area contributed by atoms with Gasteiger partial charge in [-0.05, 0) is 25.7 Å². The molecule has 0 spiro atoms. The van der Waals surface area contributed by atoms with E-state index in [0.29, 0.717) is 0 Å². The zero-order chi connectivity index (χ0) is 13.9. The number of nitrogens with zero attached hydrogens (tertiary/aromatic N) is 4. The molecule has 0 aromatic heterocycles. The number of hydrogen-bond acceptors (Lipinski definition) is 8. The van der Waals surface area contributed by atoms with E-state index in [2.05, 4.69) is 41.7 Å². The maximum atomic E-state index is 4.32. The van der Waals surface area contributed by atoms with Crippen LogP contribution in [0.3, 0.4) is 0 Å². The highest BCUT2D eigenvalue weighted by atomic mass is 15.4. The molecule has 0 aromatic rings. The fourth-order valence-corrected chi connectivity index (χ4v) is 1.79. The van der Waals surface area contributed by atoms with Crippen LogP contribution in [0, 0.1) is 0 Å². The summed E-state index contributed by atoms with van der Waals surface area (Å²) in [5.74, 6) is 1.44. The zero-order valence-corrected chi connectivity index (χ0v) is 11.6. The number of nitrogens with one attached hydrogen (secondary N) is 4. The van der Waals surface area contributed by atoms with E-state index in [9.17, 15) is 0 Å². The van der Waals surface area contributed by atoms with Crippen molar-refractivity contribution < 1.29 is 0 Å². The molecule has 4 N–H and O–H groups in total. The van der Waals surface area contributed by atoms with E-state index >= 15 is 0 Å². The van der Waals surface area contributed by atoms with E-state index in [4.69, 9.17) is 0 Å². The average molecular weight is 278 g/mol. The molecule has 2 rings (SSSR count). The number of aliphatic imine (C=N–C) groups is 2. The second-order valence-electron chi connectivity index (χ2n) is 4.51. The van der Waals surface area contributed by atoms with E-state index in [1.54, 1.807) is 12.4 Å². The van der Waals surface area contributed by atoms with Crippen molar-refractivity contribution in [3.05, 3.63) is 0 Å². The lowest BCUT2D eigenvalue weighted by molar-refractivity contribution is 0.745. The summed E-state index contributed by atoms with van der Waals surface area (Å²) in [5, 5.41) is 14.4. The van der Waals surface area contributed by atoms with Crippen LogP contribution in [-0.4, -0.2) is 50.5 Å². The fourth-order valence-electron chi connectivity index (χ4n) is 1.79. The molecule has 0 aromatic carbocycles. The minimum atomic E-state index is 0.718. The van der Waals surface area contributed by atoms with E-state index in [1.807, 2.05) is 0 Å². The van der Waals surface area contributed by atoms with E-state index in [0.717, 1.165) is 63.8 Å². The van der Waals surface area contributed by atoms with Gasteiger partial charge in [0.05, 0.1) is 12.4 Å². The molecular weight excluding hydrogens is 256 g/mol. The summed E-state index contributed by atoms with van der Waals surface area (Å²) in [7, 11) is 0. The Balaban J connectivity index is 1.65. The molecule has 2 aliphatic heterocycles. The summed E-state index contributed by atoms with van der Waals surface area (Å²) in [6.45, 7) is 3.54. The molecule has 0 unspecified atom stereocenters. The first-order chi connectivity index (χ1) is 9.95. The molecule has 0 radical (unpaired) electrons. The zero-order valence-electron chi connectivity index (χ0n) is 11.6. The maximum Gasteiger partial charge on any atom is 0.212 e. The van der Waals surface area contributed by atoms with Gasteiger partial charge in [0, 0.05) is 26.2 Å². The smallest absolute Gasteiger partial charge is 0.212 e. The number of hydrogen-bond donors (Lipinski definition) is 4. The Morgan fingerprint density at radius 2 is 1.30 bits per heavy atom. The van der Waals surface area contributed by atoms with Crippen LogP contribution in [0.1, 0.15) is 25.7 Å². The van der Waals surface area contributed by atoms with Crippen LogP contribution in [-0.2, 0) is 0 Å². The van der Waals surface area contributed by atoms with E-state index < -0.39 is 0 Å². The lowest BCUT2D eigenvalue weighted by Gasteiger charge is -2.04. The Labute approximate surface area is 118 Å². The molecule has 0 saturated carbocycles. The van der Waals surface area contributed by atoms with Crippen LogP contribution in [0.4, 0.5) is 0 Å². The molecule has 0 bridgehead atoms. The van der Waals surface area contributed by atoms with Crippen molar-refractivity contribution in [1.29, 1.82) is 0 Å². The van der Waals surface area contributed by atoms with Gasteiger partial charge in [0.2, 0.25) is 11.9 Å². The molecule has 110 valence electrons. The van der Waals surface area contributed by atoms with Gasteiger partial charge in [-0.25, -0.2) is 10.9 Å². The summed E-state index contributed by atoms with van der Waals surface area (Å²) in [5.41, 5.74) is 5.71. The third kappa shape index (κ3) is 5.68. The van der Waals surface area contributed by atoms with Gasteiger partial charge >= 0.3 is 0 Å². The van der Waals surface area contributed by atoms with Crippen molar-refractivity contribution in [2.24, 2.45) is 20.2 Å². The first-order valence-corrected chi connectivity index (χ1v) is 7.08. The third-order valence-corrected chi connectivity index (χ3v) is 2.85. The maximum absolute atomic E-state index is 4.32. The van der Waals surface area contributed by atoms with Crippen LogP contribution in [0.5, 0.6) is 0 Å². The highest BCUT2D eigenvalue weighted by Crippen LogP contribution is 1.92. The molecule has 8 heteroatoms. The van der Waals surface area contributed by atoms with Gasteiger partial charge in [-0.3, -0.25) is 9.98 Å². The first-order valence-electron chi connectivity index (χ1n) is 7.08. The predicted octanol–water partition coefficient (Wildman–Crippen LogP) is -0.384. The summed E-state index contributed by atoms with van der Waals surface area (Å²) in [4.78, 5) is 8.63. The van der Waals surface area contributed by atoms with Crippen molar-refractivity contribution in [1.82, 2.24) is 21.5 Å². The highest BCUT2D eigenvalue weighted by Gasteiger charge is 2.00. The lowest BCUT2D eigenvalue weighted by Crippen LogP contribution is -2.34. The Morgan fingerprint density at radius 1 is 0.800 bits per heavy atom. The van der Waals surface area contributed by atoms with Gasteiger partial charge in [-0.1, -0.05) is 0 Å². The monoisotopic (exact) mass is 278 g/mol. The summed E-state index contributed by atoms with van der Waals surface area (Å²) < 4.78 is 0. The van der Waals surface area contributed by atoms with E-state index in [1.165, 1.54) is 0 Å². The minimum Gasteiger partial charge on any atom is -0.355 e. The molecule has 0 fully saturated rings. The third-order valence-electron chi connectivity index (χ3n) is 2.85. The number of guanidine groups is 2. The van der Waals surface area contributed by atoms with Crippen molar-refractivity contribution in [2.45, 2.75) is 25.7 Å². The van der Waals surface area contributed by atoms with Crippen molar-refractivity contribution >= 4 is 24.3 Å². The van der Waals surface area contributed by atoms with Gasteiger partial charge in [-0.15, -0.1) is 0 Å². The molecule has 0 atom stereocenters. The molecule has 2 aliphatic rings. The van der Waals surface area contributed by atoms with E-state index in [-0.39, 0.29) is 0 Å². The standard InChI is InChI=1S/C12H22N8/c1-2-6-14-11(13-5-1)19-17-9-10-18-20-12-15-7-3-4-8-16-12/h9-10H,1-8H2,(H2,13,14,19)(H2,15,16,20)/b17-9-,18-10-. The normalized spacial score (nSPS) is 20.4. The van der Waals surface area contributed by atoms with Gasteiger partial charge in [0.1, 0.15) is 0 Å². The molecule has 0 saturated heterocycles. The van der Waals surface area contributed by atoms with Crippen LogP contribution < -0.4 is 21.5 Å². The summed E-state index contributed by atoms with van der Waals surface area (Å²) in [6.07, 6.45) is 7.64. The Hall–Kier alpha value is -2.12. The Morgan fingerprint density at radius 3 is 1.80 bits per heavy atom. The molecular formula is C12H22N8. The molecule has 0 aliphatic carbocycles. The molecule has 8 nitrogen and oxygen atoms in total. The SMILES string of the molecule is C(/C=N\NC1=NCCCCN1)=N/NC1=NCCCCN1. The first kappa shape index (κ1) is 14.3.